The van der Waals surface area contributed by atoms with Crippen molar-refractivity contribution in [3.8, 4) is 11.6 Å². The van der Waals surface area contributed by atoms with Crippen LogP contribution in [0.5, 0.6) is 5.88 Å². The molecular weight excluding hydrogens is 289 g/mol. The van der Waals surface area contributed by atoms with Gasteiger partial charge in [0.2, 0.25) is 5.88 Å². The number of hydrogen-bond acceptors (Lipinski definition) is 4. The summed E-state index contributed by atoms with van der Waals surface area (Å²) in [5, 5.41) is 10.2. The molecule has 0 atom stereocenters. The predicted octanol–water partition coefficient (Wildman–Crippen LogP) is 1.35. The summed E-state index contributed by atoms with van der Waals surface area (Å²) >= 11 is 0. The quantitative estimate of drug-likeness (QED) is 0.877. The van der Waals surface area contributed by atoms with Gasteiger partial charge in [0.1, 0.15) is 11.4 Å². The average Bonchev–Trinajstić information content (AvgIpc) is 2.98. The number of halogens is 1. The molecule has 7 heteroatoms. The van der Waals surface area contributed by atoms with E-state index in [1.165, 1.54) is 30.5 Å². The second-order valence-electron chi connectivity index (χ2n) is 4.49. The first-order chi connectivity index (χ1) is 10.6. The number of nitrogens with one attached hydrogen (secondary N) is 1. The molecule has 2 aromatic rings. The van der Waals surface area contributed by atoms with E-state index in [0.717, 1.165) is 6.07 Å². The molecule has 0 spiro atoms. The van der Waals surface area contributed by atoms with Crippen LogP contribution in [0.15, 0.2) is 56.7 Å². The van der Waals surface area contributed by atoms with E-state index in [9.17, 15) is 19.1 Å². The number of aromatic hydroxyl groups is 1. The highest BCUT2D eigenvalue weighted by Crippen LogP contribution is 2.21. The van der Waals surface area contributed by atoms with E-state index < -0.39 is 22.9 Å². The van der Waals surface area contributed by atoms with Gasteiger partial charge in [0.15, 0.2) is 0 Å². The molecule has 6 nitrogen and oxygen atoms in total. The summed E-state index contributed by atoms with van der Waals surface area (Å²) in [7, 11) is 0. The van der Waals surface area contributed by atoms with Crippen LogP contribution in [0.25, 0.3) is 11.8 Å². The molecule has 110 valence electrons. The lowest BCUT2D eigenvalue weighted by atomic mass is 10.2. The molecule has 0 fully saturated rings. The van der Waals surface area contributed by atoms with E-state index in [1.807, 2.05) is 0 Å². The molecule has 1 aromatic carbocycles. The van der Waals surface area contributed by atoms with Crippen LogP contribution in [0.3, 0.4) is 0 Å². The third-order valence-corrected chi connectivity index (χ3v) is 3.08. The van der Waals surface area contributed by atoms with Crippen LogP contribution in [-0.2, 0) is 0 Å². The maximum Gasteiger partial charge on any atom is 0.335 e. The fourth-order valence-corrected chi connectivity index (χ4v) is 2.07. The molecular formula is C15H10FN3O3. The summed E-state index contributed by atoms with van der Waals surface area (Å²) in [4.78, 5) is 29.8. The Morgan fingerprint density at radius 2 is 2.05 bits per heavy atom. The summed E-state index contributed by atoms with van der Waals surface area (Å²) in [5.41, 5.74) is -1.62. The molecule has 1 aliphatic heterocycles. The van der Waals surface area contributed by atoms with Gasteiger partial charge in [0, 0.05) is 6.21 Å². The molecule has 3 rings (SSSR count). The molecule has 2 heterocycles. The van der Waals surface area contributed by atoms with Crippen LogP contribution in [0.1, 0.15) is 5.56 Å². The van der Waals surface area contributed by atoms with Gasteiger partial charge < -0.3 is 5.11 Å². The number of para-hydroxylation sites is 1. The summed E-state index contributed by atoms with van der Waals surface area (Å²) in [6.07, 6.45) is 6.11. The standard InChI is InChI=1S/C15H10FN3O3/c16-11-5-1-2-6-12(11)19-14(21)10(13(20)18-15(19)22)8-9-4-3-7-17-9/h1-8,21H,(H,18,20,22)/b9-8-. The van der Waals surface area contributed by atoms with Crippen molar-refractivity contribution >= 4 is 12.3 Å². The van der Waals surface area contributed by atoms with Crippen molar-refractivity contribution in [2.75, 3.05) is 0 Å². The first kappa shape index (κ1) is 13.7. The first-order valence-corrected chi connectivity index (χ1v) is 6.33. The Bertz CT molecular complexity index is 937. The van der Waals surface area contributed by atoms with Gasteiger partial charge in [-0.05, 0) is 30.4 Å². The van der Waals surface area contributed by atoms with Gasteiger partial charge in [0.05, 0.1) is 11.4 Å². The van der Waals surface area contributed by atoms with Gasteiger partial charge in [-0.3, -0.25) is 14.8 Å². The molecule has 0 unspecified atom stereocenters. The lowest BCUT2D eigenvalue weighted by Crippen LogP contribution is -2.30. The second-order valence-corrected chi connectivity index (χ2v) is 4.49. The van der Waals surface area contributed by atoms with Crippen LogP contribution >= 0.6 is 0 Å². The molecule has 0 radical (unpaired) electrons. The zero-order chi connectivity index (χ0) is 15.7. The maximum atomic E-state index is 13.9. The van der Waals surface area contributed by atoms with Crippen LogP contribution in [0.2, 0.25) is 0 Å². The van der Waals surface area contributed by atoms with E-state index in [2.05, 4.69) is 9.98 Å². The van der Waals surface area contributed by atoms with Crippen molar-refractivity contribution in [2.45, 2.75) is 0 Å². The highest BCUT2D eigenvalue weighted by molar-refractivity contribution is 5.79. The number of aliphatic imine (C=N–C) groups is 1. The van der Waals surface area contributed by atoms with Gasteiger partial charge in [-0.15, -0.1) is 0 Å². The van der Waals surface area contributed by atoms with Crippen LogP contribution in [0.4, 0.5) is 4.39 Å². The largest absolute Gasteiger partial charge is 0.494 e. The molecule has 1 aliphatic rings. The zero-order valence-electron chi connectivity index (χ0n) is 11.2. The Kier molecular flexibility index (Phi) is 3.30. The monoisotopic (exact) mass is 299 g/mol. The van der Waals surface area contributed by atoms with E-state index in [4.69, 9.17) is 0 Å². The van der Waals surface area contributed by atoms with Crippen molar-refractivity contribution < 1.29 is 9.50 Å². The summed E-state index contributed by atoms with van der Waals surface area (Å²) in [5.74, 6) is -1.36. The number of aromatic amines is 1. The Morgan fingerprint density at radius 1 is 1.27 bits per heavy atom. The number of benzene rings is 1. The summed E-state index contributed by atoms with van der Waals surface area (Å²) in [6.45, 7) is 0. The number of aromatic nitrogens is 2. The van der Waals surface area contributed by atoms with Crippen molar-refractivity contribution in [3.63, 3.8) is 0 Å². The minimum Gasteiger partial charge on any atom is -0.494 e. The number of nitrogens with zero attached hydrogens (tertiary/aromatic N) is 2. The average molecular weight is 299 g/mol. The Hall–Kier alpha value is -3.22. The lowest BCUT2D eigenvalue weighted by molar-refractivity contribution is 0.426. The minimum absolute atomic E-state index is 0.161. The topological polar surface area (TPSA) is 87.5 Å². The molecule has 0 amide bonds. The minimum atomic E-state index is -0.930. The van der Waals surface area contributed by atoms with Crippen molar-refractivity contribution in [1.82, 2.24) is 9.55 Å². The third kappa shape index (κ3) is 2.28. The highest BCUT2D eigenvalue weighted by Gasteiger charge is 2.16. The Labute approximate surface area is 123 Å². The second kappa shape index (κ2) is 5.28. The lowest BCUT2D eigenvalue weighted by Gasteiger charge is -2.10. The number of allylic oxidation sites excluding steroid dienone is 2. The van der Waals surface area contributed by atoms with Gasteiger partial charge in [-0.25, -0.2) is 13.8 Å². The number of hydrogen-bond donors (Lipinski definition) is 2. The summed E-state index contributed by atoms with van der Waals surface area (Å²) in [6, 6.07) is 5.43. The van der Waals surface area contributed by atoms with E-state index in [0.29, 0.717) is 10.3 Å². The molecule has 22 heavy (non-hydrogen) atoms. The Balaban J connectivity index is 2.29. The molecule has 1 aromatic heterocycles. The van der Waals surface area contributed by atoms with Crippen LogP contribution in [-0.4, -0.2) is 20.9 Å². The van der Waals surface area contributed by atoms with Crippen molar-refractivity contribution in [1.29, 1.82) is 0 Å². The van der Waals surface area contributed by atoms with Gasteiger partial charge in [-0.1, -0.05) is 12.1 Å². The smallest absolute Gasteiger partial charge is 0.335 e. The van der Waals surface area contributed by atoms with E-state index >= 15 is 0 Å². The maximum absolute atomic E-state index is 13.9. The fourth-order valence-electron chi connectivity index (χ4n) is 2.07. The van der Waals surface area contributed by atoms with Crippen molar-refractivity contribution in [3.05, 3.63) is 74.3 Å². The molecule has 2 N–H and O–H groups in total. The van der Waals surface area contributed by atoms with Gasteiger partial charge >= 0.3 is 5.69 Å². The van der Waals surface area contributed by atoms with E-state index in [1.54, 1.807) is 12.2 Å². The van der Waals surface area contributed by atoms with E-state index in [-0.39, 0.29) is 11.3 Å². The fraction of sp³-hybridized carbons (Fsp3) is 0. The Morgan fingerprint density at radius 3 is 2.73 bits per heavy atom. The van der Waals surface area contributed by atoms with Crippen LogP contribution in [0, 0.1) is 5.82 Å². The predicted molar refractivity (Wildman–Crippen MR) is 79.9 cm³/mol. The first-order valence-electron chi connectivity index (χ1n) is 6.33. The van der Waals surface area contributed by atoms with Crippen molar-refractivity contribution in [2.24, 2.45) is 4.99 Å². The van der Waals surface area contributed by atoms with Gasteiger partial charge in [0.25, 0.3) is 5.56 Å². The normalized spacial score (nSPS) is 14.9. The number of rotatable bonds is 2. The molecule has 0 saturated carbocycles. The molecule has 0 bridgehead atoms. The van der Waals surface area contributed by atoms with Gasteiger partial charge in [-0.2, -0.15) is 0 Å². The molecule has 0 aliphatic carbocycles. The molecule has 0 saturated heterocycles. The highest BCUT2D eigenvalue weighted by atomic mass is 19.1. The SMILES string of the molecule is O=c1[nH]c(=O)n(-c2ccccc2F)c(O)c1/C=C1/C=CC=N1. The third-order valence-electron chi connectivity index (χ3n) is 3.08. The number of H-pyrrole nitrogens is 1. The summed E-state index contributed by atoms with van der Waals surface area (Å²) < 4.78 is 14.6. The zero-order valence-corrected chi connectivity index (χ0v) is 11.2. The van der Waals surface area contributed by atoms with Crippen LogP contribution < -0.4 is 11.2 Å².